The van der Waals surface area contributed by atoms with Crippen LogP contribution in [0.5, 0.6) is 0 Å². The third kappa shape index (κ3) is 1.67. The van der Waals surface area contributed by atoms with Crippen molar-refractivity contribution in [3.05, 3.63) is 0 Å². The molecule has 0 saturated heterocycles. The van der Waals surface area contributed by atoms with Gasteiger partial charge in [-0.3, -0.25) is 9.35 Å². The molecule has 0 aromatic carbocycles. The Balaban J connectivity index is 2.31. The van der Waals surface area contributed by atoms with E-state index in [9.17, 15) is 30.8 Å². The van der Waals surface area contributed by atoms with Crippen molar-refractivity contribution in [1.82, 2.24) is 0 Å². The quantitative estimate of drug-likeness (QED) is 0.634. The second kappa shape index (κ2) is 3.66. The highest BCUT2D eigenvalue weighted by atomic mass is 32.2. The number of hydrogen-bond donors (Lipinski definition) is 1. The monoisotopic (exact) mass is 290 g/mol. The lowest BCUT2D eigenvalue weighted by atomic mass is 9.83. The standard InChI is InChI=1S/C9H10F4O4S/c10-8(11,9(12,13)18(15,16)17)6-2-5-1-4(6)3-7(5)14/h4-6H,1-3H2,(H,15,16,17). The molecule has 1 N–H and O–H groups in total. The van der Waals surface area contributed by atoms with Crippen LogP contribution >= 0.6 is 0 Å². The number of carbonyl (C=O) groups is 1. The molecule has 2 fully saturated rings. The molecule has 104 valence electrons. The van der Waals surface area contributed by atoms with Crippen LogP contribution in [0.2, 0.25) is 0 Å². The lowest BCUT2D eigenvalue weighted by molar-refractivity contribution is -0.202. The number of hydrogen-bond acceptors (Lipinski definition) is 3. The van der Waals surface area contributed by atoms with Gasteiger partial charge in [0.25, 0.3) is 0 Å². The summed E-state index contributed by atoms with van der Waals surface area (Å²) in [6, 6.07) is 0. The van der Waals surface area contributed by atoms with E-state index in [4.69, 9.17) is 4.55 Å². The van der Waals surface area contributed by atoms with Crippen LogP contribution in [-0.4, -0.2) is 29.9 Å². The summed E-state index contributed by atoms with van der Waals surface area (Å²) in [7, 11) is -6.20. The van der Waals surface area contributed by atoms with Crippen molar-refractivity contribution in [3.8, 4) is 0 Å². The molecule has 3 atom stereocenters. The summed E-state index contributed by atoms with van der Waals surface area (Å²) >= 11 is 0. The minimum Gasteiger partial charge on any atom is -0.299 e. The minimum atomic E-state index is -6.20. The molecule has 0 aromatic rings. The lowest BCUT2D eigenvalue weighted by Gasteiger charge is -2.33. The third-order valence-electron chi connectivity index (χ3n) is 3.79. The van der Waals surface area contributed by atoms with Gasteiger partial charge in [0.05, 0.1) is 0 Å². The summed E-state index contributed by atoms with van der Waals surface area (Å²) in [6.07, 6.45) is -0.602. The summed E-state index contributed by atoms with van der Waals surface area (Å²) in [5, 5.41) is -5.53. The van der Waals surface area contributed by atoms with E-state index in [1.54, 1.807) is 0 Å². The molecule has 2 aliphatic rings. The maximum Gasteiger partial charge on any atom is 0.431 e. The summed E-state index contributed by atoms with van der Waals surface area (Å²) in [5.41, 5.74) is 0. The maximum absolute atomic E-state index is 13.6. The van der Waals surface area contributed by atoms with Crippen molar-refractivity contribution in [3.63, 3.8) is 0 Å². The van der Waals surface area contributed by atoms with Gasteiger partial charge in [0.2, 0.25) is 0 Å². The first kappa shape index (κ1) is 13.7. The topological polar surface area (TPSA) is 71.4 Å². The fourth-order valence-corrected chi connectivity index (χ4v) is 3.37. The van der Waals surface area contributed by atoms with Gasteiger partial charge >= 0.3 is 21.3 Å². The molecule has 2 rings (SSSR count). The number of Topliss-reactive ketones (excluding diaryl/α,β-unsaturated/α-hetero) is 1. The molecule has 0 spiro atoms. The molecule has 4 nitrogen and oxygen atoms in total. The van der Waals surface area contributed by atoms with Gasteiger partial charge in [-0.25, -0.2) is 0 Å². The molecule has 0 radical (unpaired) electrons. The molecule has 0 aliphatic heterocycles. The Morgan fingerprint density at radius 3 is 2.06 bits per heavy atom. The van der Waals surface area contributed by atoms with Gasteiger partial charge in [-0.1, -0.05) is 0 Å². The van der Waals surface area contributed by atoms with Crippen LogP contribution < -0.4 is 0 Å². The molecule has 0 heterocycles. The van der Waals surface area contributed by atoms with Gasteiger partial charge in [-0.2, -0.15) is 26.0 Å². The van der Waals surface area contributed by atoms with Crippen molar-refractivity contribution in [2.45, 2.75) is 30.4 Å². The minimum absolute atomic E-state index is 0.0840. The number of halogens is 4. The van der Waals surface area contributed by atoms with Crippen molar-refractivity contribution in [2.75, 3.05) is 0 Å². The number of carbonyl (C=O) groups excluding carboxylic acids is 1. The predicted molar refractivity (Wildman–Crippen MR) is 50.8 cm³/mol. The molecule has 2 bridgehead atoms. The second-order valence-corrected chi connectivity index (χ2v) is 6.28. The van der Waals surface area contributed by atoms with E-state index in [1.165, 1.54) is 0 Å². The van der Waals surface area contributed by atoms with Crippen LogP contribution in [0.25, 0.3) is 0 Å². The van der Waals surface area contributed by atoms with Gasteiger partial charge in [-0.05, 0) is 18.8 Å². The van der Waals surface area contributed by atoms with Crippen LogP contribution in [0.1, 0.15) is 19.3 Å². The van der Waals surface area contributed by atoms with Crippen molar-refractivity contribution >= 4 is 15.9 Å². The van der Waals surface area contributed by atoms with Crippen LogP contribution in [-0.2, 0) is 14.9 Å². The molecule has 2 aliphatic carbocycles. The largest absolute Gasteiger partial charge is 0.431 e. The predicted octanol–water partition coefficient (Wildman–Crippen LogP) is 1.72. The first-order valence-corrected chi connectivity index (χ1v) is 6.68. The van der Waals surface area contributed by atoms with Crippen LogP contribution in [0.3, 0.4) is 0 Å². The third-order valence-corrected chi connectivity index (χ3v) is 4.71. The Morgan fingerprint density at radius 1 is 1.17 bits per heavy atom. The van der Waals surface area contributed by atoms with E-state index in [0.717, 1.165) is 0 Å². The Morgan fingerprint density at radius 2 is 1.72 bits per heavy atom. The normalized spacial score (nSPS) is 33.2. The van der Waals surface area contributed by atoms with Gasteiger partial charge in [-0.15, -0.1) is 0 Å². The smallest absolute Gasteiger partial charge is 0.299 e. The summed E-state index contributed by atoms with van der Waals surface area (Å²) < 4.78 is 82.4. The highest BCUT2D eigenvalue weighted by Gasteiger charge is 2.72. The molecular weight excluding hydrogens is 280 g/mol. The first-order chi connectivity index (χ1) is 7.98. The second-order valence-electron chi connectivity index (χ2n) is 4.82. The van der Waals surface area contributed by atoms with Crippen LogP contribution in [0.15, 0.2) is 0 Å². The van der Waals surface area contributed by atoms with E-state index in [2.05, 4.69) is 0 Å². The molecule has 0 aromatic heterocycles. The average Bonchev–Trinajstić information content (AvgIpc) is 2.73. The number of alkyl halides is 4. The Hall–Kier alpha value is -0.700. The van der Waals surface area contributed by atoms with Crippen molar-refractivity contribution < 1.29 is 35.3 Å². The summed E-state index contributed by atoms with van der Waals surface area (Å²) in [4.78, 5) is 11.2. The average molecular weight is 290 g/mol. The van der Waals surface area contributed by atoms with E-state index in [1.807, 2.05) is 0 Å². The van der Waals surface area contributed by atoms with Gasteiger partial charge < -0.3 is 0 Å². The van der Waals surface area contributed by atoms with E-state index in [0.29, 0.717) is 0 Å². The molecule has 2 saturated carbocycles. The Labute approximate surface area is 100 Å². The fourth-order valence-electron chi connectivity index (χ4n) is 2.87. The van der Waals surface area contributed by atoms with E-state index in [-0.39, 0.29) is 18.6 Å². The lowest BCUT2D eigenvalue weighted by Crippen LogP contribution is -2.53. The SMILES string of the molecule is O=C1CC2CC1CC2C(F)(F)C(F)(F)S(=O)(=O)O. The zero-order valence-electron chi connectivity index (χ0n) is 8.95. The summed E-state index contributed by atoms with van der Waals surface area (Å²) in [6.45, 7) is 0. The van der Waals surface area contributed by atoms with Crippen LogP contribution in [0.4, 0.5) is 17.6 Å². The number of rotatable bonds is 3. The number of fused-ring (bicyclic) bond motifs is 2. The summed E-state index contributed by atoms with van der Waals surface area (Å²) in [5.74, 6) is -8.65. The fraction of sp³-hybridized carbons (Fsp3) is 0.889. The van der Waals surface area contributed by atoms with Crippen molar-refractivity contribution in [2.24, 2.45) is 17.8 Å². The molecular formula is C9H10F4O4S. The Bertz CT molecular complexity index is 487. The Kier molecular flexibility index (Phi) is 2.79. The van der Waals surface area contributed by atoms with Crippen molar-refractivity contribution in [1.29, 1.82) is 0 Å². The molecule has 0 amide bonds. The highest BCUT2D eigenvalue weighted by Crippen LogP contribution is 2.56. The highest BCUT2D eigenvalue weighted by molar-refractivity contribution is 7.87. The molecule has 18 heavy (non-hydrogen) atoms. The van der Waals surface area contributed by atoms with E-state index >= 15 is 0 Å². The first-order valence-electron chi connectivity index (χ1n) is 5.24. The van der Waals surface area contributed by atoms with Gasteiger partial charge in [0.1, 0.15) is 5.78 Å². The maximum atomic E-state index is 13.6. The van der Waals surface area contributed by atoms with E-state index < -0.39 is 45.5 Å². The molecule has 3 unspecified atom stereocenters. The van der Waals surface area contributed by atoms with Crippen LogP contribution in [0, 0.1) is 17.8 Å². The molecule has 9 heteroatoms. The number of ketones is 1. The zero-order chi connectivity index (χ0) is 13.9. The van der Waals surface area contributed by atoms with Gasteiger partial charge in [0.15, 0.2) is 0 Å². The zero-order valence-corrected chi connectivity index (χ0v) is 9.76. The van der Waals surface area contributed by atoms with Gasteiger partial charge in [0, 0.05) is 18.3 Å².